The van der Waals surface area contributed by atoms with Crippen LogP contribution in [0.15, 0.2) is 119 Å². The predicted octanol–water partition coefficient (Wildman–Crippen LogP) is 10.8. The molecule has 0 saturated heterocycles. The summed E-state index contributed by atoms with van der Waals surface area (Å²) in [5.74, 6) is -0.931. The molecule has 0 N–H and O–H groups in total. The van der Waals surface area contributed by atoms with E-state index in [4.69, 9.17) is 9.47 Å². The number of nitrogens with zero attached hydrogens (tertiary/aromatic N) is 4. The summed E-state index contributed by atoms with van der Waals surface area (Å²) in [5, 5.41) is 42.2. The van der Waals surface area contributed by atoms with Gasteiger partial charge in [0.25, 0.3) is 0 Å². The van der Waals surface area contributed by atoms with Crippen LogP contribution in [0.5, 0.6) is 0 Å². The maximum absolute atomic E-state index is 12.8. The SMILES string of the molecule is CC(C#N)(CCC(=O)OCc1cc2ccc3cccc4ccc(c1)c2c34)N=NC(C)(C#N)CCC(=O)OCc1cc2ccc3cccc4ccc(c1)c2c34. The number of carbonyl (C=O) groups excluding carboxylic acids is 2. The highest BCUT2D eigenvalue weighted by molar-refractivity contribution is 6.24. The highest BCUT2D eigenvalue weighted by atomic mass is 16.5. The Labute approximate surface area is 311 Å². The third-order valence-electron chi connectivity index (χ3n) is 10.5. The second-order valence-corrected chi connectivity index (χ2v) is 14.5. The molecule has 0 fully saturated rings. The van der Waals surface area contributed by atoms with E-state index < -0.39 is 23.0 Å². The maximum atomic E-state index is 12.8. The number of nitriles is 2. The van der Waals surface area contributed by atoms with Gasteiger partial charge in [0.05, 0.1) is 12.1 Å². The smallest absolute Gasteiger partial charge is 0.306 e. The molecular weight excluding hydrogens is 673 g/mol. The summed E-state index contributed by atoms with van der Waals surface area (Å²) in [6.07, 6.45) is -0.0147. The molecule has 0 bridgehead atoms. The van der Waals surface area contributed by atoms with E-state index in [1.807, 2.05) is 24.3 Å². The minimum absolute atomic E-state index is 0.0515. The van der Waals surface area contributed by atoms with Crippen LogP contribution in [0.25, 0.3) is 64.6 Å². The van der Waals surface area contributed by atoms with Crippen LogP contribution in [0.2, 0.25) is 0 Å². The van der Waals surface area contributed by atoms with E-state index in [9.17, 15) is 20.1 Å². The number of hydrogen-bond acceptors (Lipinski definition) is 8. The molecule has 2 atom stereocenters. The molecule has 54 heavy (non-hydrogen) atoms. The molecule has 8 aromatic carbocycles. The van der Waals surface area contributed by atoms with Crippen LogP contribution < -0.4 is 0 Å². The first kappa shape index (κ1) is 34.4. The Bertz CT molecular complexity index is 2530. The van der Waals surface area contributed by atoms with Crippen molar-refractivity contribution in [2.75, 3.05) is 0 Å². The first-order valence-electron chi connectivity index (χ1n) is 18.0. The lowest BCUT2D eigenvalue weighted by Gasteiger charge is -2.19. The summed E-state index contributed by atoms with van der Waals surface area (Å²) in [5.41, 5.74) is -0.996. The molecule has 0 heterocycles. The van der Waals surface area contributed by atoms with E-state index in [2.05, 4.69) is 107 Å². The van der Waals surface area contributed by atoms with Crippen LogP contribution >= 0.6 is 0 Å². The third kappa shape index (κ3) is 6.59. The van der Waals surface area contributed by atoms with Gasteiger partial charge in [-0.3, -0.25) is 9.59 Å². The molecule has 0 amide bonds. The molecule has 8 nitrogen and oxygen atoms in total. The molecule has 8 rings (SSSR count). The number of benzene rings is 8. The second-order valence-electron chi connectivity index (χ2n) is 14.5. The molecule has 8 heteroatoms. The molecule has 264 valence electrons. The zero-order valence-electron chi connectivity index (χ0n) is 30.1. The Balaban J connectivity index is 0.847. The van der Waals surface area contributed by atoms with E-state index in [0.717, 1.165) is 32.7 Å². The van der Waals surface area contributed by atoms with Crippen LogP contribution in [-0.4, -0.2) is 23.0 Å². The van der Waals surface area contributed by atoms with E-state index in [1.54, 1.807) is 13.8 Å². The van der Waals surface area contributed by atoms with Crippen molar-refractivity contribution in [2.24, 2.45) is 10.2 Å². The number of azo groups is 1. The number of rotatable bonds is 12. The van der Waals surface area contributed by atoms with Gasteiger partial charge in [-0.25, -0.2) is 0 Å². The first-order valence-corrected chi connectivity index (χ1v) is 18.0. The molecule has 0 spiro atoms. The van der Waals surface area contributed by atoms with E-state index in [0.29, 0.717) is 0 Å². The van der Waals surface area contributed by atoms with Gasteiger partial charge < -0.3 is 9.47 Å². The van der Waals surface area contributed by atoms with Crippen molar-refractivity contribution >= 4 is 76.6 Å². The van der Waals surface area contributed by atoms with Gasteiger partial charge in [0.15, 0.2) is 11.1 Å². The van der Waals surface area contributed by atoms with Crippen LogP contribution in [0.4, 0.5) is 0 Å². The van der Waals surface area contributed by atoms with Gasteiger partial charge in [-0.2, -0.15) is 20.8 Å². The normalized spacial score (nSPS) is 14.1. The topological polar surface area (TPSA) is 125 Å². The number of esters is 2. The Kier molecular flexibility index (Phi) is 8.76. The fraction of sp³-hybridized carbons (Fsp3) is 0.217. The maximum Gasteiger partial charge on any atom is 0.306 e. The molecule has 0 radical (unpaired) electrons. The predicted molar refractivity (Wildman–Crippen MR) is 211 cm³/mol. The van der Waals surface area contributed by atoms with E-state index in [-0.39, 0.29) is 38.9 Å². The van der Waals surface area contributed by atoms with Crippen molar-refractivity contribution < 1.29 is 19.1 Å². The van der Waals surface area contributed by atoms with Crippen molar-refractivity contribution in [1.29, 1.82) is 10.5 Å². The summed E-state index contributed by atoms with van der Waals surface area (Å²) in [4.78, 5) is 25.6. The molecule has 0 aliphatic heterocycles. The Morgan fingerprint density at radius 1 is 0.519 bits per heavy atom. The van der Waals surface area contributed by atoms with E-state index >= 15 is 0 Å². The van der Waals surface area contributed by atoms with Crippen molar-refractivity contribution in [3.05, 3.63) is 120 Å². The van der Waals surface area contributed by atoms with Crippen molar-refractivity contribution in [3.63, 3.8) is 0 Å². The van der Waals surface area contributed by atoms with Gasteiger partial charge in [-0.05, 0) is 127 Å². The monoisotopic (exact) mass is 708 g/mol. The zero-order valence-corrected chi connectivity index (χ0v) is 30.1. The highest BCUT2D eigenvalue weighted by Crippen LogP contribution is 2.37. The van der Waals surface area contributed by atoms with Gasteiger partial charge in [-0.15, -0.1) is 0 Å². The molecule has 8 aromatic rings. The fourth-order valence-electron chi connectivity index (χ4n) is 7.44. The summed E-state index contributed by atoms with van der Waals surface area (Å²) in [7, 11) is 0. The summed E-state index contributed by atoms with van der Waals surface area (Å²) in [6.45, 7) is 3.31. The van der Waals surface area contributed by atoms with E-state index in [1.165, 1.54) is 43.1 Å². The van der Waals surface area contributed by atoms with Crippen LogP contribution in [0.3, 0.4) is 0 Å². The first-order chi connectivity index (χ1) is 26.1. The minimum Gasteiger partial charge on any atom is -0.461 e. The van der Waals surface area contributed by atoms with Crippen molar-refractivity contribution in [2.45, 2.75) is 63.8 Å². The number of carbonyl (C=O) groups is 2. The van der Waals surface area contributed by atoms with Crippen molar-refractivity contribution in [1.82, 2.24) is 0 Å². The fourth-order valence-corrected chi connectivity index (χ4v) is 7.44. The number of ether oxygens (including phenoxy) is 2. The van der Waals surface area contributed by atoms with Gasteiger partial charge >= 0.3 is 11.9 Å². The van der Waals surface area contributed by atoms with Crippen LogP contribution in [0.1, 0.15) is 50.7 Å². The Morgan fingerprint density at radius 3 is 1.13 bits per heavy atom. The standard InChI is InChI=1S/C46H36N4O4/c1-45(27-47,19-17-39(51)53-25-29-21-35-13-9-31-5-3-6-32-10-14-36(22-29)43(35)41(31)32)49-50-46(2,28-48)20-18-40(52)54-26-30-23-37-15-11-33-7-4-8-34-12-16-38(24-30)44(37)42(33)34/h3-16,21-24H,17-20,25-26H2,1-2H3. The summed E-state index contributed by atoms with van der Waals surface area (Å²) >= 11 is 0. The summed E-state index contributed by atoms with van der Waals surface area (Å²) in [6, 6.07) is 41.7. The lowest BCUT2D eigenvalue weighted by atomic mass is 9.93. The van der Waals surface area contributed by atoms with Gasteiger partial charge in [0.2, 0.25) is 0 Å². The van der Waals surface area contributed by atoms with Gasteiger partial charge in [-0.1, -0.05) is 84.9 Å². The molecular formula is C46H36N4O4. The third-order valence-corrected chi connectivity index (χ3v) is 10.5. The highest BCUT2D eigenvalue weighted by Gasteiger charge is 2.30. The molecule has 0 aliphatic rings. The quantitative estimate of drug-likeness (QED) is 0.0706. The van der Waals surface area contributed by atoms with Crippen molar-refractivity contribution in [3.8, 4) is 12.1 Å². The average Bonchev–Trinajstić information content (AvgIpc) is 3.20. The van der Waals surface area contributed by atoms with Gasteiger partial charge in [0, 0.05) is 12.8 Å². The Morgan fingerprint density at radius 2 is 0.815 bits per heavy atom. The molecule has 0 aliphatic carbocycles. The zero-order chi connectivity index (χ0) is 37.5. The average molecular weight is 709 g/mol. The summed E-state index contributed by atoms with van der Waals surface area (Å²) < 4.78 is 11.2. The van der Waals surface area contributed by atoms with Crippen LogP contribution in [0, 0.1) is 22.7 Å². The minimum atomic E-state index is -1.37. The lowest BCUT2D eigenvalue weighted by Crippen LogP contribution is -2.25. The Hall–Kier alpha value is -6.64. The van der Waals surface area contributed by atoms with Crippen LogP contribution in [-0.2, 0) is 32.3 Å². The largest absolute Gasteiger partial charge is 0.461 e. The van der Waals surface area contributed by atoms with Gasteiger partial charge in [0.1, 0.15) is 13.2 Å². The number of hydrogen-bond donors (Lipinski definition) is 0. The molecule has 0 aromatic heterocycles. The molecule has 2 unspecified atom stereocenters. The lowest BCUT2D eigenvalue weighted by molar-refractivity contribution is -0.146. The molecule has 0 saturated carbocycles. The second kappa shape index (κ2) is 13.7.